The van der Waals surface area contributed by atoms with E-state index in [1.165, 1.54) is 43.4 Å². The fourth-order valence-corrected chi connectivity index (χ4v) is 3.08. The van der Waals surface area contributed by atoms with Crippen LogP contribution >= 0.6 is 0 Å². The standard InChI is InChI=1S/C17H27N/c1-4-7-15-8-5-6-9-16(15)18-17-12-13(2)10-11-14(17)3/h5-6,8-9,13-14,17-18H,4,7,10-12H2,1-3H3. The molecule has 1 saturated carbocycles. The Labute approximate surface area is 112 Å². The zero-order chi connectivity index (χ0) is 13.0. The molecule has 2 rings (SSSR count). The number of rotatable bonds is 4. The van der Waals surface area contributed by atoms with Crippen molar-refractivity contribution < 1.29 is 0 Å². The molecule has 3 unspecified atom stereocenters. The minimum atomic E-state index is 0.659. The molecule has 0 heterocycles. The zero-order valence-electron chi connectivity index (χ0n) is 12.1. The molecule has 0 bridgehead atoms. The summed E-state index contributed by atoms with van der Waals surface area (Å²) in [6.07, 6.45) is 6.49. The molecular weight excluding hydrogens is 218 g/mol. The van der Waals surface area contributed by atoms with Crippen LogP contribution in [-0.2, 0) is 6.42 Å². The van der Waals surface area contributed by atoms with E-state index < -0.39 is 0 Å². The second kappa shape index (κ2) is 6.26. The average Bonchev–Trinajstić information content (AvgIpc) is 2.36. The van der Waals surface area contributed by atoms with E-state index in [2.05, 4.69) is 50.4 Å². The zero-order valence-corrected chi connectivity index (χ0v) is 12.1. The molecule has 0 aromatic heterocycles. The molecule has 1 nitrogen and oxygen atoms in total. The first-order valence-electron chi connectivity index (χ1n) is 7.55. The van der Waals surface area contributed by atoms with E-state index in [0.717, 1.165) is 11.8 Å². The SMILES string of the molecule is CCCc1ccccc1NC1CC(C)CCC1C. The number of aryl methyl sites for hydroxylation is 1. The minimum absolute atomic E-state index is 0.659. The number of nitrogens with one attached hydrogen (secondary N) is 1. The molecule has 0 aliphatic heterocycles. The quantitative estimate of drug-likeness (QED) is 0.797. The van der Waals surface area contributed by atoms with E-state index in [1.54, 1.807) is 0 Å². The molecule has 1 N–H and O–H groups in total. The van der Waals surface area contributed by atoms with E-state index in [-0.39, 0.29) is 0 Å². The first-order valence-corrected chi connectivity index (χ1v) is 7.55. The summed E-state index contributed by atoms with van der Waals surface area (Å²) in [5, 5.41) is 3.81. The lowest BCUT2D eigenvalue weighted by molar-refractivity contribution is 0.280. The molecule has 0 saturated heterocycles. The van der Waals surface area contributed by atoms with Crippen molar-refractivity contribution in [2.75, 3.05) is 5.32 Å². The van der Waals surface area contributed by atoms with Gasteiger partial charge in [-0.1, -0.05) is 51.8 Å². The Balaban J connectivity index is 2.07. The minimum Gasteiger partial charge on any atom is -0.382 e. The van der Waals surface area contributed by atoms with Gasteiger partial charge in [-0.3, -0.25) is 0 Å². The third-order valence-corrected chi connectivity index (χ3v) is 4.34. The predicted molar refractivity (Wildman–Crippen MR) is 80.0 cm³/mol. The summed E-state index contributed by atoms with van der Waals surface area (Å²) in [5.41, 5.74) is 2.84. The smallest absolute Gasteiger partial charge is 0.0374 e. The Morgan fingerprint density at radius 2 is 1.94 bits per heavy atom. The van der Waals surface area contributed by atoms with E-state index in [1.807, 2.05) is 0 Å². The van der Waals surface area contributed by atoms with Crippen molar-refractivity contribution >= 4 is 5.69 Å². The molecule has 100 valence electrons. The van der Waals surface area contributed by atoms with Crippen LogP contribution in [0.5, 0.6) is 0 Å². The topological polar surface area (TPSA) is 12.0 Å². The van der Waals surface area contributed by atoms with Crippen LogP contribution in [0.25, 0.3) is 0 Å². The Bertz CT molecular complexity index is 372. The van der Waals surface area contributed by atoms with Gasteiger partial charge in [-0.15, -0.1) is 0 Å². The Morgan fingerprint density at radius 3 is 2.72 bits per heavy atom. The number of benzene rings is 1. The van der Waals surface area contributed by atoms with E-state index in [4.69, 9.17) is 0 Å². The number of para-hydroxylation sites is 1. The summed E-state index contributed by atoms with van der Waals surface area (Å²) < 4.78 is 0. The molecule has 1 aromatic carbocycles. The normalized spacial score (nSPS) is 28.1. The van der Waals surface area contributed by atoms with Crippen molar-refractivity contribution in [3.05, 3.63) is 29.8 Å². The highest BCUT2D eigenvalue weighted by molar-refractivity contribution is 5.52. The molecule has 0 spiro atoms. The van der Waals surface area contributed by atoms with Crippen molar-refractivity contribution in [3.63, 3.8) is 0 Å². The molecule has 0 radical (unpaired) electrons. The summed E-state index contributed by atoms with van der Waals surface area (Å²) in [6.45, 7) is 7.03. The van der Waals surface area contributed by atoms with Crippen molar-refractivity contribution in [3.8, 4) is 0 Å². The Morgan fingerprint density at radius 1 is 1.17 bits per heavy atom. The Kier molecular flexibility index (Phi) is 4.68. The molecule has 1 heteroatoms. The highest BCUT2D eigenvalue weighted by atomic mass is 14.9. The van der Waals surface area contributed by atoms with Crippen LogP contribution < -0.4 is 5.32 Å². The van der Waals surface area contributed by atoms with Crippen molar-refractivity contribution in [1.29, 1.82) is 0 Å². The summed E-state index contributed by atoms with van der Waals surface area (Å²) in [6, 6.07) is 9.48. The van der Waals surface area contributed by atoms with Crippen LogP contribution in [0, 0.1) is 11.8 Å². The number of hydrogen-bond donors (Lipinski definition) is 1. The average molecular weight is 245 g/mol. The van der Waals surface area contributed by atoms with Crippen LogP contribution in [0.1, 0.15) is 52.0 Å². The molecule has 1 fully saturated rings. The third kappa shape index (κ3) is 3.28. The van der Waals surface area contributed by atoms with Gasteiger partial charge in [0.05, 0.1) is 0 Å². The number of hydrogen-bond acceptors (Lipinski definition) is 1. The molecular formula is C17H27N. The van der Waals surface area contributed by atoms with Crippen LogP contribution in [0.2, 0.25) is 0 Å². The second-order valence-corrected chi connectivity index (χ2v) is 6.05. The van der Waals surface area contributed by atoms with Gasteiger partial charge < -0.3 is 5.32 Å². The summed E-state index contributed by atoms with van der Waals surface area (Å²) in [4.78, 5) is 0. The first kappa shape index (κ1) is 13.5. The van der Waals surface area contributed by atoms with Crippen LogP contribution in [0.15, 0.2) is 24.3 Å². The van der Waals surface area contributed by atoms with Gasteiger partial charge in [0.2, 0.25) is 0 Å². The maximum atomic E-state index is 3.81. The van der Waals surface area contributed by atoms with Gasteiger partial charge in [0.15, 0.2) is 0 Å². The third-order valence-electron chi connectivity index (χ3n) is 4.34. The van der Waals surface area contributed by atoms with Gasteiger partial charge in [-0.2, -0.15) is 0 Å². The lowest BCUT2D eigenvalue weighted by atomic mass is 9.80. The number of anilines is 1. The summed E-state index contributed by atoms with van der Waals surface area (Å²) >= 11 is 0. The lowest BCUT2D eigenvalue weighted by Gasteiger charge is -2.34. The molecule has 1 aromatic rings. The second-order valence-electron chi connectivity index (χ2n) is 6.05. The van der Waals surface area contributed by atoms with Gasteiger partial charge >= 0.3 is 0 Å². The monoisotopic (exact) mass is 245 g/mol. The van der Waals surface area contributed by atoms with Gasteiger partial charge in [-0.25, -0.2) is 0 Å². The van der Waals surface area contributed by atoms with Crippen LogP contribution in [-0.4, -0.2) is 6.04 Å². The molecule has 0 amide bonds. The highest BCUT2D eigenvalue weighted by Gasteiger charge is 2.25. The van der Waals surface area contributed by atoms with Gasteiger partial charge in [0.1, 0.15) is 0 Å². The van der Waals surface area contributed by atoms with Crippen LogP contribution in [0.4, 0.5) is 5.69 Å². The molecule has 18 heavy (non-hydrogen) atoms. The highest BCUT2D eigenvalue weighted by Crippen LogP contribution is 2.31. The van der Waals surface area contributed by atoms with E-state index in [0.29, 0.717) is 6.04 Å². The lowest BCUT2D eigenvalue weighted by Crippen LogP contribution is -2.33. The van der Waals surface area contributed by atoms with Gasteiger partial charge in [0.25, 0.3) is 0 Å². The maximum Gasteiger partial charge on any atom is 0.0374 e. The molecule has 1 aliphatic rings. The molecule has 3 atom stereocenters. The van der Waals surface area contributed by atoms with E-state index >= 15 is 0 Å². The van der Waals surface area contributed by atoms with Crippen molar-refractivity contribution in [1.82, 2.24) is 0 Å². The Hall–Kier alpha value is -0.980. The predicted octanol–water partition coefficient (Wildman–Crippen LogP) is 4.88. The van der Waals surface area contributed by atoms with Gasteiger partial charge in [-0.05, 0) is 42.7 Å². The van der Waals surface area contributed by atoms with E-state index in [9.17, 15) is 0 Å². The van der Waals surface area contributed by atoms with Gasteiger partial charge in [0, 0.05) is 11.7 Å². The maximum absolute atomic E-state index is 3.81. The largest absolute Gasteiger partial charge is 0.382 e. The first-order chi connectivity index (χ1) is 8.70. The molecule has 1 aliphatic carbocycles. The summed E-state index contributed by atoms with van der Waals surface area (Å²) in [5.74, 6) is 1.67. The van der Waals surface area contributed by atoms with Crippen molar-refractivity contribution in [2.45, 2.75) is 58.9 Å². The fourth-order valence-electron chi connectivity index (χ4n) is 3.08. The summed E-state index contributed by atoms with van der Waals surface area (Å²) in [7, 11) is 0. The van der Waals surface area contributed by atoms with Crippen LogP contribution in [0.3, 0.4) is 0 Å². The van der Waals surface area contributed by atoms with Crippen molar-refractivity contribution in [2.24, 2.45) is 11.8 Å². The fraction of sp³-hybridized carbons (Fsp3) is 0.647.